The largest absolute Gasteiger partial charge is 0.349 e. The second-order valence-corrected chi connectivity index (χ2v) is 9.03. The maximum atomic E-state index is 11.8. The van der Waals surface area contributed by atoms with E-state index in [0.717, 1.165) is 6.41 Å². The molecule has 12 heteroatoms. The molecule has 0 aromatic carbocycles. The van der Waals surface area contributed by atoms with E-state index in [4.69, 9.17) is 0 Å². The van der Waals surface area contributed by atoms with Gasteiger partial charge in [-0.25, -0.2) is 0 Å². The summed E-state index contributed by atoms with van der Waals surface area (Å²) >= 11 is 1.25. The van der Waals surface area contributed by atoms with Crippen LogP contribution in [0.25, 0.3) is 0 Å². The van der Waals surface area contributed by atoms with Gasteiger partial charge in [0.15, 0.2) is 5.03 Å². The maximum Gasteiger partial charge on any atom is 0.343 e. The van der Waals surface area contributed by atoms with Crippen LogP contribution >= 0.6 is 11.8 Å². The molecule has 0 atom stereocenters. The minimum absolute atomic E-state index is 0.116. The minimum Gasteiger partial charge on any atom is -0.349 e. The zero-order valence-corrected chi connectivity index (χ0v) is 17.0. The molecule has 0 saturated carbocycles. The molecule has 28 heavy (non-hydrogen) atoms. The summed E-state index contributed by atoms with van der Waals surface area (Å²) in [4.78, 5) is 36.8. The number of carbonyl (C=O) groups is 1. The summed E-state index contributed by atoms with van der Waals surface area (Å²) in [6.45, 7) is 6.81. The molecule has 1 aromatic rings. The Morgan fingerprint density at radius 1 is 1.14 bits per heavy atom. The van der Waals surface area contributed by atoms with Crippen LogP contribution in [0.4, 0.5) is 17.5 Å². The fourth-order valence-electron chi connectivity index (χ4n) is 3.05. The highest BCUT2D eigenvalue weighted by Crippen LogP contribution is 2.37. The van der Waals surface area contributed by atoms with Crippen LogP contribution in [0.2, 0.25) is 0 Å². The number of anilines is 2. The van der Waals surface area contributed by atoms with Crippen LogP contribution in [-0.4, -0.2) is 86.9 Å². The van der Waals surface area contributed by atoms with E-state index in [9.17, 15) is 19.1 Å². The lowest BCUT2D eigenvalue weighted by atomic mass is 10.3. The topological polar surface area (TPSA) is 113 Å². The molecule has 1 amide bonds. The van der Waals surface area contributed by atoms with Crippen molar-refractivity contribution in [2.75, 3.05) is 66.3 Å². The Hall–Kier alpha value is -2.21. The first-order valence-electron chi connectivity index (χ1n) is 8.87. The highest BCUT2D eigenvalue weighted by molar-refractivity contribution is 7.99. The van der Waals surface area contributed by atoms with Crippen LogP contribution in [0.5, 0.6) is 0 Å². The summed E-state index contributed by atoms with van der Waals surface area (Å²) in [6.07, 6.45) is 2.49. The van der Waals surface area contributed by atoms with Crippen molar-refractivity contribution in [1.82, 2.24) is 14.9 Å². The van der Waals surface area contributed by atoms with Gasteiger partial charge in [-0.1, -0.05) is 17.8 Å². The SMILES string of the molecule is C=CCSc1nc(N2CCN(C=O)CC2)nc(N2CCS(=O)CC2)c1[N+](=O)[O-]. The van der Waals surface area contributed by atoms with Gasteiger partial charge in [-0.05, 0) is 0 Å². The van der Waals surface area contributed by atoms with E-state index in [-0.39, 0.29) is 11.5 Å². The molecule has 0 aliphatic carbocycles. The van der Waals surface area contributed by atoms with Gasteiger partial charge in [-0.2, -0.15) is 9.97 Å². The predicted molar refractivity (Wildman–Crippen MR) is 110 cm³/mol. The molecular weight excluding hydrogens is 404 g/mol. The Morgan fingerprint density at radius 3 is 2.39 bits per heavy atom. The van der Waals surface area contributed by atoms with Gasteiger partial charge < -0.3 is 14.7 Å². The number of thioether (sulfide) groups is 1. The van der Waals surface area contributed by atoms with Gasteiger partial charge in [-0.15, -0.1) is 6.58 Å². The Kier molecular flexibility index (Phi) is 6.83. The van der Waals surface area contributed by atoms with Crippen molar-refractivity contribution in [3.8, 4) is 0 Å². The van der Waals surface area contributed by atoms with Gasteiger partial charge in [0.05, 0.1) is 4.92 Å². The Labute approximate surface area is 169 Å². The third kappa shape index (κ3) is 4.61. The Morgan fingerprint density at radius 2 is 1.82 bits per heavy atom. The van der Waals surface area contributed by atoms with E-state index < -0.39 is 15.7 Å². The van der Waals surface area contributed by atoms with E-state index >= 15 is 0 Å². The number of carbonyl (C=O) groups excluding carboxylic acids is 1. The lowest BCUT2D eigenvalue weighted by Gasteiger charge is -2.33. The number of rotatable bonds is 7. The van der Waals surface area contributed by atoms with Crippen molar-refractivity contribution in [3.63, 3.8) is 0 Å². The van der Waals surface area contributed by atoms with E-state index in [0.29, 0.717) is 67.5 Å². The summed E-state index contributed by atoms with van der Waals surface area (Å²) in [6, 6.07) is 0. The Balaban J connectivity index is 1.99. The van der Waals surface area contributed by atoms with Gasteiger partial charge in [-0.3, -0.25) is 19.1 Å². The van der Waals surface area contributed by atoms with Gasteiger partial charge in [0, 0.05) is 67.3 Å². The van der Waals surface area contributed by atoms with Crippen molar-refractivity contribution < 1.29 is 13.9 Å². The summed E-state index contributed by atoms with van der Waals surface area (Å²) < 4.78 is 11.7. The average molecular weight is 427 g/mol. The molecule has 2 aliphatic rings. The highest BCUT2D eigenvalue weighted by atomic mass is 32.2. The number of piperazine rings is 1. The van der Waals surface area contributed by atoms with Gasteiger partial charge in [0.25, 0.3) is 0 Å². The van der Waals surface area contributed by atoms with Crippen LogP contribution in [0.1, 0.15) is 0 Å². The lowest BCUT2D eigenvalue weighted by molar-refractivity contribution is -0.387. The maximum absolute atomic E-state index is 11.8. The second kappa shape index (κ2) is 9.32. The third-order valence-electron chi connectivity index (χ3n) is 4.57. The Bertz CT molecular complexity index is 775. The first-order valence-corrected chi connectivity index (χ1v) is 11.3. The molecule has 0 spiro atoms. The average Bonchev–Trinajstić information content (AvgIpc) is 2.72. The second-order valence-electron chi connectivity index (χ2n) is 6.32. The molecule has 2 fully saturated rings. The number of hydrogen-bond acceptors (Lipinski definition) is 9. The molecule has 152 valence electrons. The van der Waals surface area contributed by atoms with Crippen molar-refractivity contribution in [3.05, 3.63) is 22.8 Å². The van der Waals surface area contributed by atoms with Crippen LogP contribution in [0.3, 0.4) is 0 Å². The van der Waals surface area contributed by atoms with Crippen molar-refractivity contribution in [1.29, 1.82) is 0 Å². The van der Waals surface area contributed by atoms with Crippen LogP contribution in [0, 0.1) is 10.1 Å². The molecule has 2 saturated heterocycles. The van der Waals surface area contributed by atoms with Gasteiger partial charge >= 0.3 is 5.69 Å². The molecule has 10 nitrogen and oxygen atoms in total. The normalized spacial score (nSPS) is 18.2. The number of hydrogen-bond donors (Lipinski definition) is 0. The quantitative estimate of drug-likeness (QED) is 0.154. The van der Waals surface area contributed by atoms with Gasteiger partial charge in [0.2, 0.25) is 18.2 Å². The van der Waals surface area contributed by atoms with Crippen LogP contribution < -0.4 is 9.80 Å². The highest BCUT2D eigenvalue weighted by Gasteiger charge is 2.32. The smallest absolute Gasteiger partial charge is 0.343 e. The van der Waals surface area contributed by atoms with Gasteiger partial charge in [0.1, 0.15) is 0 Å². The molecule has 1 aromatic heterocycles. The molecule has 0 radical (unpaired) electrons. The lowest BCUT2D eigenvalue weighted by Crippen LogP contribution is -2.46. The monoisotopic (exact) mass is 426 g/mol. The minimum atomic E-state index is -0.899. The number of amides is 1. The summed E-state index contributed by atoms with van der Waals surface area (Å²) in [5.74, 6) is 2.10. The van der Waals surface area contributed by atoms with E-state index in [2.05, 4.69) is 16.5 Å². The van der Waals surface area contributed by atoms with Crippen LogP contribution in [-0.2, 0) is 15.6 Å². The standard InChI is InChI=1S/C16H22N6O4S2/c1-2-9-27-15-13(22(24)25)14(20-7-10-28(26)11-8-20)17-16(18-15)21-5-3-19(12-23)4-6-21/h2,12H,1,3-11H2. The summed E-state index contributed by atoms with van der Waals surface area (Å²) in [7, 11) is -0.899. The van der Waals surface area contributed by atoms with Crippen molar-refractivity contribution >= 4 is 46.4 Å². The van der Waals surface area contributed by atoms with Crippen LogP contribution in [0.15, 0.2) is 17.7 Å². The zero-order valence-electron chi connectivity index (χ0n) is 15.4. The third-order valence-corrected chi connectivity index (χ3v) is 6.80. The van der Waals surface area contributed by atoms with Crippen molar-refractivity contribution in [2.45, 2.75) is 5.03 Å². The molecule has 0 N–H and O–H groups in total. The first-order chi connectivity index (χ1) is 13.5. The molecule has 0 bridgehead atoms. The summed E-state index contributed by atoms with van der Waals surface area (Å²) in [5.41, 5.74) is -0.116. The molecule has 0 unspecified atom stereocenters. The summed E-state index contributed by atoms with van der Waals surface area (Å²) in [5, 5.41) is 12.1. The zero-order chi connectivity index (χ0) is 20.1. The molecular formula is C16H22N6O4S2. The fraction of sp³-hybridized carbons (Fsp3) is 0.562. The number of aromatic nitrogens is 2. The van der Waals surface area contributed by atoms with Crippen molar-refractivity contribution in [2.24, 2.45) is 0 Å². The first kappa shape index (κ1) is 20.5. The number of nitro groups is 1. The molecule has 3 rings (SSSR count). The predicted octanol–water partition coefficient (Wildman–Crippen LogP) is 0.510. The van der Waals surface area contributed by atoms with E-state index in [1.807, 2.05) is 9.80 Å². The number of nitrogens with zero attached hydrogens (tertiary/aromatic N) is 6. The molecule has 2 aliphatic heterocycles. The fourth-order valence-corrected chi connectivity index (χ4v) is 4.83. The molecule has 3 heterocycles. The van der Waals surface area contributed by atoms with E-state index in [1.54, 1.807) is 11.0 Å². The van der Waals surface area contributed by atoms with E-state index in [1.165, 1.54) is 11.8 Å².